The molecule has 0 bridgehead atoms. The SMILES string of the molecule is CC[C@@H]1C[C@H](N(Cc2cc(C(F)(F)F)cc(C(F)(F)F)c2)c2ncc(C3=CNN(C4CCCCO4)C3)cn2)CN1c1nc(N2CCC(O)CC2)ncc1Cl. The van der Waals surface area contributed by atoms with Crippen LogP contribution in [0.25, 0.3) is 5.57 Å². The number of hydrazine groups is 1. The lowest BCUT2D eigenvalue weighted by atomic mass is 10.0. The lowest BCUT2D eigenvalue weighted by molar-refractivity contribution is -0.143. The molecular weight excluding hydrogens is 740 g/mol. The van der Waals surface area contributed by atoms with Crippen LogP contribution < -0.4 is 20.1 Å². The van der Waals surface area contributed by atoms with Gasteiger partial charge in [0.25, 0.3) is 0 Å². The second kappa shape index (κ2) is 15.7. The highest BCUT2D eigenvalue weighted by Crippen LogP contribution is 2.39. The topological polar surface area (TPSA) is 106 Å². The number of anilines is 3. The average molecular weight is 782 g/mol. The number of hydrogen-bond donors (Lipinski definition) is 2. The van der Waals surface area contributed by atoms with Gasteiger partial charge in [-0.15, -0.1) is 0 Å². The molecule has 0 radical (unpaired) electrons. The molecule has 4 aliphatic heterocycles. The van der Waals surface area contributed by atoms with E-state index in [4.69, 9.17) is 21.3 Å². The number of nitrogens with zero attached hydrogens (tertiary/aromatic N) is 8. The number of halogens is 7. The van der Waals surface area contributed by atoms with Crippen molar-refractivity contribution in [3.8, 4) is 0 Å². The minimum absolute atomic E-state index is 0.0683. The van der Waals surface area contributed by atoms with Crippen LogP contribution in [0.2, 0.25) is 5.02 Å². The molecule has 292 valence electrons. The number of piperidine rings is 1. The Morgan fingerprint density at radius 2 is 1.67 bits per heavy atom. The second-order valence-electron chi connectivity index (χ2n) is 14.2. The van der Waals surface area contributed by atoms with Crippen LogP contribution in [-0.2, 0) is 23.6 Å². The Morgan fingerprint density at radius 3 is 2.30 bits per heavy atom. The van der Waals surface area contributed by atoms with Crippen molar-refractivity contribution in [3.05, 3.63) is 70.3 Å². The number of nitrogens with one attached hydrogen (secondary N) is 1. The molecule has 1 unspecified atom stereocenters. The Morgan fingerprint density at radius 1 is 0.963 bits per heavy atom. The van der Waals surface area contributed by atoms with E-state index in [2.05, 4.69) is 20.4 Å². The third-order valence-corrected chi connectivity index (χ3v) is 10.8. The van der Waals surface area contributed by atoms with Gasteiger partial charge in [-0.2, -0.15) is 36.3 Å². The number of rotatable bonds is 9. The first-order valence-electron chi connectivity index (χ1n) is 18.2. The summed E-state index contributed by atoms with van der Waals surface area (Å²) in [5.74, 6) is 1.10. The van der Waals surface area contributed by atoms with Gasteiger partial charge >= 0.3 is 12.4 Å². The van der Waals surface area contributed by atoms with Crippen LogP contribution in [0, 0.1) is 0 Å². The molecule has 0 amide bonds. The third kappa shape index (κ3) is 8.48. The lowest BCUT2D eigenvalue weighted by Crippen LogP contribution is -2.43. The molecular formula is C36H42ClF6N9O2. The monoisotopic (exact) mass is 781 g/mol. The van der Waals surface area contributed by atoms with Gasteiger partial charge in [-0.3, -0.25) is 0 Å². The van der Waals surface area contributed by atoms with Gasteiger partial charge < -0.3 is 30.0 Å². The molecule has 3 aromatic rings. The molecule has 3 atom stereocenters. The van der Waals surface area contributed by atoms with Crippen LogP contribution in [0.15, 0.2) is 43.0 Å². The first-order chi connectivity index (χ1) is 25.8. The molecule has 7 rings (SSSR count). The summed E-state index contributed by atoms with van der Waals surface area (Å²) in [5.41, 5.74) is 1.91. The fourth-order valence-corrected chi connectivity index (χ4v) is 7.80. The summed E-state index contributed by atoms with van der Waals surface area (Å²) in [5, 5.41) is 12.3. The van der Waals surface area contributed by atoms with Crippen molar-refractivity contribution < 1.29 is 36.2 Å². The Labute approximate surface area is 314 Å². The second-order valence-corrected chi connectivity index (χ2v) is 14.6. The summed E-state index contributed by atoms with van der Waals surface area (Å²) < 4.78 is 89.4. The van der Waals surface area contributed by atoms with Crippen molar-refractivity contribution in [2.24, 2.45) is 0 Å². The first kappa shape index (κ1) is 38.3. The normalized spacial score (nSPS) is 23.1. The van der Waals surface area contributed by atoms with Crippen LogP contribution in [0.5, 0.6) is 0 Å². The van der Waals surface area contributed by atoms with E-state index >= 15 is 0 Å². The van der Waals surface area contributed by atoms with E-state index in [9.17, 15) is 31.4 Å². The highest BCUT2D eigenvalue weighted by atomic mass is 35.5. The van der Waals surface area contributed by atoms with Gasteiger partial charge in [0.1, 0.15) is 11.3 Å². The van der Waals surface area contributed by atoms with Gasteiger partial charge in [-0.25, -0.2) is 15.0 Å². The number of aromatic nitrogens is 4. The molecule has 0 aliphatic carbocycles. The molecule has 0 saturated carbocycles. The summed E-state index contributed by atoms with van der Waals surface area (Å²) in [4.78, 5) is 24.2. The van der Waals surface area contributed by atoms with Crippen LogP contribution in [-0.4, -0.2) is 87.3 Å². The Hall–Kier alpha value is -3.93. The number of ether oxygens (including phenoxy) is 1. The molecule has 6 heterocycles. The van der Waals surface area contributed by atoms with Crippen LogP contribution in [0.4, 0.5) is 44.1 Å². The zero-order valence-corrected chi connectivity index (χ0v) is 30.4. The highest BCUT2D eigenvalue weighted by molar-refractivity contribution is 6.32. The Bertz CT molecular complexity index is 1770. The number of benzene rings is 1. The van der Waals surface area contributed by atoms with Gasteiger partial charge in [0, 0.05) is 69.5 Å². The van der Waals surface area contributed by atoms with Crippen LogP contribution in [0.3, 0.4) is 0 Å². The molecule has 11 nitrogen and oxygen atoms in total. The maximum absolute atomic E-state index is 13.9. The standard InChI is InChI=1S/C36H42ClF6N9O2/c1-2-27-14-28(21-50(27)32-30(37)18-46-34(48-32)49-8-6-29(53)7-9-49)51(19-22-11-25(35(38,39)40)13-26(12-22)36(41,42)43)33-44-15-23(16-45-33)24-17-47-52(20-24)31-5-3-4-10-54-31/h11-13,15-18,27-29,31,47,53H,2-10,14,19-21H2,1H3/t27-,28+,31?/m1/s1. The van der Waals surface area contributed by atoms with Crippen molar-refractivity contribution in [1.82, 2.24) is 30.4 Å². The molecule has 18 heteroatoms. The maximum Gasteiger partial charge on any atom is 0.416 e. The molecule has 2 aromatic heterocycles. The summed E-state index contributed by atoms with van der Waals surface area (Å²) >= 11 is 6.70. The van der Waals surface area contributed by atoms with Crippen LogP contribution >= 0.6 is 11.6 Å². The first-order valence-corrected chi connectivity index (χ1v) is 18.6. The van der Waals surface area contributed by atoms with E-state index in [1.54, 1.807) is 17.3 Å². The minimum atomic E-state index is -5.00. The zero-order chi connectivity index (χ0) is 38.2. The van der Waals surface area contributed by atoms with E-state index in [1.807, 2.05) is 27.9 Å². The van der Waals surface area contributed by atoms with E-state index in [-0.39, 0.29) is 49.0 Å². The molecule has 3 fully saturated rings. The fraction of sp³-hybridized carbons (Fsp3) is 0.556. The lowest BCUT2D eigenvalue weighted by Gasteiger charge is -2.32. The number of alkyl halides is 6. The van der Waals surface area contributed by atoms with E-state index in [0.717, 1.165) is 37.0 Å². The van der Waals surface area contributed by atoms with Crippen molar-refractivity contribution in [2.75, 3.05) is 47.5 Å². The summed E-state index contributed by atoms with van der Waals surface area (Å²) in [7, 11) is 0. The molecule has 0 spiro atoms. The quantitative estimate of drug-likeness (QED) is 0.228. The third-order valence-electron chi connectivity index (χ3n) is 10.6. The van der Waals surface area contributed by atoms with Crippen LogP contribution in [0.1, 0.15) is 74.1 Å². The average Bonchev–Trinajstić information content (AvgIpc) is 3.83. The molecule has 2 N–H and O–H groups in total. The Balaban J connectivity index is 1.20. The van der Waals surface area contributed by atoms with Gasteiger partial charge in [-0.05, 0) is 74.3 Å². The molecule has 4 aliphatic rings. The molecule has 54 heavy (non-hydrogen) atoms. The summed E-state index contributed by atoms with van der Waals surface area (Å²) in [6.45, 7) is 4.32. The van der Waals surface area contributed by atoms with Gasteiger partial charge in [0.2, 0.25) is 11.9 Å². The highest BCUT2D eigenvalue weighted by Gasteiger charge is 2.40. The maximum atomic E-state index is 13.9. The Kier molecular flexibility index (Phi) is 11.1. The van der Waals surface area contributed by atoms with Gasteiger partial charge in [-0.1, -0.05) is 18.5 Å². The van der Waals surface area contributed by atoms with Crippen molar-refractivity contribution in [3.63, 3.8) is 0 Å². The summed E-state index contributed by atoms with van der Waals surface area (Å²) in [6.07, 6.45) is 1.42. The van der Waals surface area contributed by atoms with Crippen molar-refractivity contribution >= 4 is 34.9 Å². The van der Waals surface area contributed by atoms with Gasteiger partial charge in [0.15, 0.2) is 5.82 Å². The zero-order valence-electron chi connectivity index (χ0n) is 29.6. The predicted octanol–water partition coefficient (Wildman–Crippen LogP) is 6.67. The van der Waals surface area contributed by atoms with E-state index in [0.29, 0.717) is 74.3 Å². The number of aliphatic hydroxyl groups is 1. The molecule has 1 aromatic carbocycles. The van der Waals surface area contributed by atoms with Crippen molar-refractivity contribution in [2.45, 2.75) is 95.2 Å². The van der Waals surface area contributed by atoms with Crippen molar-refractivity contribution in [1.29, 1.82) is 0 Å². The smallest absolute Gasteiger partial charge is 0.393 e. The van der Waals surface area contributed by atoms with Gasteiger partial charge in [0.05, 0.1) is 29.5 Å². The number of aliphatic hydroxyl groups excluding tert-OH is 1. The molecule has 3 saturated heterocycles. The van der Waals surface area contributed by atoms with E-state index < -0.39 is 29.5 Å². The van der Waals surface area contributed by atoms with E-state index in [1.165, 1.54) is 6.20 Å². The summed E-state index contributed by atoms with van der Waals surface area (Å²) in [6, 6.07) is 1.05. The number of hydrogen-bond acceptors (Lipinski definition) is 11. The minimum Gasteiger partial charge on any atom is -0.393 e. The predicted molar refractivity (Wildman–Crippen MR) is 190 cm³/mol. The largest absolute Gasteiger partial charge is 0.416 e. The fourth-order valence-electron chi connectivity index (χ4n) is 7.60.